The Hall–Kier alpha value is -1.69. The number of ether oxygens (including phenoxy) is 1. The molecule has 2 saturated heterocycles. The topological polar surface area (TPSA) is 58.6 Å². The Labute approximate surface area is 149 Å². The number of anilines is 1. The molecule has 1 aromatic heterocycles. The molecule has 136 valence electrons. The van der Waals surface area contributed by atoms with Crippen molar-refractivity contribution in [1.82, 2.24) is 14.9 Å². The molecule has 0 spiro atoms. The highest BCUT2D eigenvalue weighted by molar-refractivity contribution is 5.85. The summed E-state index contributed by atoms with van der Waals surface area (Å²) in [5, 5.41) is 0. The molecule has 0 bridgehead atoms. The van der Waals surface area contributed by atoms with Crippen LogP contribution >= 0.6 is 0 Å². The number of hydrogen-bond donors (Lipinski definition) is 0. The molecular formula is C19H28N4O2. The first-order valence-electron chi connectivity index (χ1n) is 9.62. The van der Waals surface area contributed by atoms with Gasteiger partial charge in [0.2, 0.25) is 11.9 Å². The van der Waals surface area contributed by atoms with Gasteiger partial charge in [-0.25, -0.2) is 9.97 Å². The molecule has 4 atom stereocenters. The number of carbonyl (C=O) groups is 1. The fourth-order valence-corrected chi connectivity index (χ4v) is 4.85. The van der Waals surface area contributed by atoms with Gasteiger partial charge in [-0.2, -0.15) is 0 Å². The Morgan fingerprint density at radius 2 is 2.08 bits per heavy atom. The second kappa shape index (κ2) is 7.28. The summed E-state index contributed by atoms with van der Waals surface area (Å²) in [5.41, 5.74) is 0. The van der Waals surface area contributed by atoms with Crippen LogP contribution < -0.4 is 4.90 Å². The van der Waals surface area contributed by atoms with Crippen LogP contribution in [0.2, 0.25) is 0 Å². The van der Waals surface area contributed by atoms with Gasteiger partial charge in [0.15, 0.2) is 0 Å². The quantitative estimate of drug-likeness (QED) is 0.837. The minimum absolute atomic E-state index is 0.122. The van der Waals surface area contributed by atoms with Crippen molar-refractivity contribution in [2.75, 3.05) is 31.7 Å². The highest BCUT2D eigenvalue weighted by atomic mass is 16.5. The van der Waals surface area contributed by atoms with Gasteiger partial charge in [0.25, 0.3) is 0 Å². The van der Waals surface area contributed by atoms with E-state index in [0.717, 1.165) is 39.0 Å². The normalized spacial score (nSPS) is 31.8. The lowest BCUT2D eigenvalue weighted by atomic mass is 9.84. The minimum atomic E-state index is -0.122. The fourth-order valence-electron chi connectivity index (χ4n) is 4.85. The van der Waals surface area contributed by atoms with Gasteiger partial charge in [0, 0.05) is 44.6 Å². The predicted molar refractivity (Wildman–Crippen MR) is 95.2 cm³/mol. The number of aromatic nitrogens is 2. The van der Waals surface area contributed by atoms with E-state index in [4.69, 9.17) is 4.74 Å². The predicted octanol–water partition coefficient (Wildman–Crippen LogP) is 2.11. The van der Waals surface area contributed by atoms with Crippen molar-refractivity contribution in [2.45, 2.75) is 50.6 Å². The molecule has 0 radical (unpaired) electrons. The van der Waals surface area contributed by atoms with Crippen molar-refractivity contribution in [2.24, 2.45) is 11.8 Å². The van der Waals surface area contributed by atoms with Gasteiger partial charge < -0.3 is 14.5 Å². The number of hydrogen-bond acceptors (Lipinski definition) is 5. The molecule has 4 unspecified atom stereocenters. The average Bonchev–Trinajstić information content (AvgIpc) is 3.29. The Morgan fingerprint density at radius 3 is 2.84 bits per heavy atom. The Kier molecular flexibility index (Phi) is 4.88. The molecule has 1 saturated carbocycles. The summed E-state index contributed by atoms with van der Waals surface area (Å²) in [4.78, 5) is 26.3. The lowest BCUT2D eigenvalue weighted by Crippen LogP contribution is -2.49. The van der Waals surface area contributed by atoms with Gasteiger partial charge in [0.1, 0.15) is 6.04 Å². The number of fused-ring (bicyclic) bond motifs is 1. The summed E-state index contributed by atoms with van der Waals surface area (Å²) in [6.07, 6.45) is 10.4. The molecule has 1 amide bonds. The van der Waals surface area contributed by atoms with Crippen molar-refractivity contribution < 1.29 is 9.53 Å². The summed E-state index contributed by atoms with van der Waals surface area (Å²) in [6.45, 7) is 2.39. The summed E-state index contributed by atoms with van der Waals surface area (Å²) >= 11 is 0. The third-order valence-electron chi connectivity index (χ3n) is 6.09. The third-order valence-corrected chi connectivity index (χ3v) is 6.09. The zero-order valence-electron chi connectivity index (χ0n) is 15.0. The van der Waals surface area contributed by atoms with Gasteiger partial charge in [-0.3, -0.25) is 4.79 Å². The van der Waals surface area contributed by atoms with Crippen LogP contribution in [0.25, 0.3) is 0 Å². The van der Waals surface area contributed by atoms with E-state index >= 15 is 0 Å². The Morgan fingerprint density at radius 1 is 1.28 bits per heavy atom. The summed E-state index contributed by atoms with van der Waals surface area (Å²) in [6, 6.07) is 2.12. The molecule has 6 heteroatoms. The standard InChI is InChI=1S/C19H28N4O2/c1-22(12-14-7-10-25-13-14)18(24)17-11-15-5-2-3-6-16(15)23(17)19-20-8-4-9-21-19/h4,8-9,14-17H,2-3,5-7,10-13H2,1H3. The van der Waals surface area contributed by atoms with Crippen LogP contribution in [-0.4, -0.2) is 59.7 Å². The van der Waals surface area contributed by atoms with E-state index in [1.807, 2.05) is 18.0 Å². The van der Waals surface area contributed by atoms with Gasteiger partial charge in [-0.15, -0.1) is 0 Å². The van der Waals surface area contributed by atoms with Crippen LogP contribution in [-0.2, 0) is 9.53 Å². The first-order valence-corrected chi connectivity index (χ1v) is 9.62. The van der Waals surface area contributed by atoms with Gasteiger partial charge in [0.05, 0.1) is 6.61 Å². The lowest BCUT2D eigenvalue weighted by molar-refractivity contribution is -0.131. The largest absolute Gasteiger partial charge is 0.381 e. The maximum Gasteiger partial charge on any atom is 0.245 e. The van der Waals surface area contributed by atoms with Gasteiger partial charge >= 0.3 is 0 Å². The molecule has 1 aromatic rings. The second-order valence-corrected chi connectivity index (χ2v) is 7.77. The van der Waals surface area contributed by atoms with Gasteiger partial charge in [-0.05, 0) is 37.7 Å². The second-order valence-electron chi connectivity index (χ2n) is 7.77. The van der Waals surface area contributed by atoms with E-state index in [9.17, 15) is 4.79 Å². The van der Waals surface area contributed by atoms with E-state index in [2.05, 4.69) is 14.9 Å². The fraction of sp³-hybridized carbons (Fsp3) is 0.737. The van der Waals surface area contributed by atoms with E-state index in [0.29, 0.717) is 23.8 Å². The molecule has 6 nitrogen and oxygen atoms in total. The van der Waals surface area contributed by atoms with Crippen molar-refractivity contribution in [1.29, 1.82) is 0 Å². The van der Waals surface area contributed by atoms with Crippen molar-refractivity contribution in [3.63, 3.8) is 0 Å². The van der Waals surface area contributed by atoms with Crippen LogP contribution in [0.1, 0.15) is 38.5 Å². The number of amides is 1. The zero-order valence-corrected chi connectivity index (χ0v) is 15.0. The minimum Gasteiger partial charge on any atom is -0.381 e. The Bertz CT molecular complexity index is 590. The monoisotopic (exact) mass is 344 g/mol. The molecule has 4 rings (SSSR count). The van der Waals surface area contributed by atoms with Crippen molar-refractivity contribution >= 4 is 11.9 Å². The van der Waals surface area contributed by atoms with Crippen molar-refractivity contribution in [3.8, 4) is 0 Å². The van der Waals surface area contributed by atoms with E-state index in [-0.39, 0.29) is 11.9 Å². The smallest absolute Gasteiger partial charge is 0.245 e. The molecular weight excluding hydrogens is 316 g/mol. The first kappa shape index (κ1) is 16.8. The molecule has 3 aliphatic rings. The molecule has 0 aromatic carbocycles. The average molecular weight is 344 g/mol. The van der Waals surface area contributed by atoms with Crippen LogP contribution in [0.5, 0.6) is 0 Å². The SMILES string of the molecule is CN(CC1CCOC1)C(=O)C1CC2CCCCC2N1c1ncccn1. The number of likely N-dealkylation sites (N-methyl/N-ethyl adjacent to an activating group) is 1. The van der Waals surface area contributed by atoms with Gasteiger partial charge in [-0.1, -0.05) is 12.8 Å². The molecule has 1 aliphatic carbocycles. The van der Waals surface area contributed by atoms with Crippen LogP contribution in [0.15, 0.2) is 18.5 Å². The van der Waals surface area contributed by atoms with Crippen LogP contribution in [0, 0.1) is 11.8 Å². The number of carbonyl (C=O) groups excluding carboxylic acids is 1. The van der Waals surface area contributed by atoms with E-state index in [1.165, 1.54) is 19.3 Å². The van der Waals surface area contributed by atoms with E-state index < -0.39 is 0 Å². The highest BCUT2D eigenvalue weighted by Crippen LogP contribution is 2.41. The summed E-state index contributed by atoms with van der Waals surface area (Å²) in [7, 11) is 1.94. The molecule has 2 aliphatic heterocycles. The molecule has 0 N–H and O–H groups in total. The third kappa shape index (κ3) is 3.36. The zero-order chi connectivity index (χ0) is 17.2. The number of nitrogens with zero attached hydrogens (tertiary/aromatic N) is 4. The summed E-state index contributed by atoms with van der Waals surface area (Å²) < 4.78 is 5.46. The van der Waals surface area contributed by atoms with Crippen LogP contribution in [0.4, 0.5) is 5.95 Å². The lowest BCUT2D eigenvalue weighted by Gasteiger charge is -2.34. The molecule has 3 heterocycles. The highest BCUT2D eigenvalue weighted by Gasteiger charge is 2.47. The van der Waals surface area contributed by atoms with Crippen molar-refractivity contribution in [3.05, 3.63) is 18.5 Å². The molecule has 25 heavy (non-hydrogen) atoms. The first-order chi connectivity index (χ1) is 12.2. The maximum absolute atomic E-state index is 13.2. The summed E-state index contributed by atoms with van der Waals surface area (Å²) in [5.74, 6) is 2.00. The van der Waals surface area contributed by atoms with Crippen LogP contribution in [0.3, 0.4) is 0 Å². The molecule has 3 fully saturated rings. The van der Waals surface area contributed by atoms with E-state index in [1.54, 1.807) is 12.4 Å². The maximum atomic E-state index is 13.2. The Balaban J connectivity index is 1.54. The number of rotatable bonds is 4.